The summed E-state index contributed by atoms with van der Waals surface area (Å²) in [5, 5.41) is 2.31. The van der Waals surface area contributed by atoms with Gasteiger partial charge in [0.05, 0.1) is 16.4 Å². The summed E-state index contributed by atoms with van der Waals surface area (Å²) in [6, 6.07) is 3.52. The Morgan fingerprint density at radius 3 is 2.35 bits per heavy atom. The highest BCUT2D eigenvalue weighted by atomic mass is 79.9. The average molecular weight is 407 g/mol. The van der Waals surface area contributed by atoms with Crippen LogP contribution in [0.1, 0.15) is 10.4 Å². The number of nitrogens with two attached hydrogens (primary N) is 1. The van der Waals surface area contributed by atoms with Crippen molar-refractivity contribution in [1.82, 2.24) is 4.98 Å². The van der Waals surface area contributed by atoms with E-state index in [1.807, 2.05) is 0 Å². The van der Waals surface area contributed by atoms with Crippen molar-refractivity contribution < 1.29 is 13.6 Å². The predicted octanol–water partition coefficient (Wildman–Crippen LogP) is 3.72. The first-order valence-electron chi connectivity index (χ1n) is 5.25. The van der Waals surface area contributed by atoms with Crippen molar-refractivity contribution in [3.63, 3.8) is 0 Å². The first-order chi connectivity index (χ1) is 9.38. The molecule has 0 radical (unpaired) electrons. The number of amides is 1. The average Bonchev–Trinajstić information content (AvgIpc) is 2.31. The van der Waals surface area contributed by atoms with Crippen LogP contribution in [0.2, 0.25) is 0 Å². The van der Waals surface area contributed by atoms with Crippen LogP contribution in [0.15, 0.2) is 33.3 Å². The largest absolute Gasteiger partial charge is 0.397 e. The van der Waals surface area contributed by atoms with Gasteiger partial charge in [-0.25, -0.2) is 13.8 Å². The lowest BCUT2D eigenvalue weighted by molar-refractivity contribution is 0.101. The summed E-state index contributed by atoms with van der Waals surface area (Å²) in [6.07, 6.45) is 1.31. The lowest BCUT2D eigenvalue weighted by Gasteiger charge is -2.08. The fourth-order valence-electron chi connectivity index (χ4n) is 1.47. The molecule has 1 aromatic carbocycles. The zero-order valence-electron chi connectivity index (χ0n) is 9.75. The third kappa shape index (κ3) is 3.13. The van der Waals surface area contributed by atoms with Crippen molar-refractivity contribution >= 4 is 49.3 Å². The van der Waals surface area contributed by atoms with Crippen LogP contribution in [0.25, 0.3) is 0 Å². The molecule has 0 spiro atoms. The summed E-state index contributed by atoms with van der Waals surface area (Å²) >= 11 is 6.08. The topological polar surface area (TPSA) is 68.0 Å². The number of anilines is 2. The highest BCUT2D eigenvalue weighted by Crippen LogP contribution is 2.24. The quantitative estimate of drug-likeness (QED) is 0.798. The molecule has 1 aromatic heterocycles. The molecule has 1 amide bonds. The van der Waals surface area contributed by atoms with Gasteiger partial charge in [-0.3, -0.25) is 4.79 Å². The van der Waals surface area contributed by atoms with Gasteiger partial charge in [-0.2, -0.15) is 0 Å². The van der Waals surface area contributed by atoms with E-state index in [0.717, 1.165) is 12.1 Å². The second kappa shape index (κ2) is 5.84. The molecular formula is C12H7Br2F2N3O. The van der Waals surface area contributed by atoms with E-state index in [4.69, 9.17) is 5.73 Å². The van der Waals surface area contributed by atoms with E-state index in [1.54, 1.807) is 0 Å². The van der Waals surface area contributed by atoms with Gasteiger partial charge in [-0.1, -0.05) is 15.9 Å². The molecule has 0 saturated carbocycles. The van der Waals surface area contributed by atoms with Gasteiger partial charge in [0.25, 0.3) is 5.91 Å². The van der Waals surface area contributed by atoms with Gasteiger partial charge < -0.3 is 11.1 Å². The third-order valence-corrected chi connectivity index (χ3v) is 3.39. The highest BCUT2D eigenvalue weighted by molar-refractivity contribution is 9.10. The minimum atomic E-state index is -0.971. The van der Waals surface area contributed by atoms with Crippen molar-refractivity contribution in [2.24, 2.45) is 0 Å². The maximum Gasteiger partial charge on any atom is 0.262 e. The maximum absolute atomic E-state index is 13.6. The Balaban J connectivity index is 2.33. The number of nitrogens with one attached hydrogen (secondary N) is 1. The number of rotatable bonds is 2. The molecule has 2 rings (SSSR count). The summed E-state index contributed by atoms with van der Waals surface area (Å²) in [5.41, 5.74) is 5.21. The summed E-state index contributed by atoms with van der Waals surface area (Å²) < 4.78 is 27.9. The zero-order valence-corrected chi connectivity index (χ0v) is 12.9. The zero-order chi connectivity index (χ0) is 14.9. The molecule has 0 aliphatic heterocycles. The lowest BCUT2D eigenvalue weighted by Crippen LogP contribution is -2.17. The monoisotopic (exact) mass is 405 g/mol. The number of carbonyl (C=O) groups excluding carboxylic acids is 1. The standard InChI is InChI=1S/C12H7Br2F2N3O/c13-5-1-8(15)10(9(16)2-5)12(20)19-11-7(14)3-6(17)4-18-11/h1-4H,17H2,(H,18,19,20). The summed E-state index contributed by atoms with van der Waals surface area (Å²) in [6.45, 7) is 0. The van der Waals surface area contributed by atoms with Gasteiger partial charge in [-0.15, -0.1) is 0 Å². The van der Waals surface area contributed by atoms with E-state index < -0.39 is 23.1 Å². The van der Waals surface area contributed by atoms with Crippen molar-refractivity contribution in [3.05, 3.63) is 50.5 Å². The van der Waals surface area contributed by atoms with Crippen LogP contribution in [0.5, 0.6) is 0 Å². The Kier molecular flexibility index (Phi) is 4.34. The number of pyridine rings is 1. The number of carbonyl (C=O) groups is 1. The number of aromatic nitrogens is 1. The molecule has 0 aliphatic rings. The fraction of sp³-hybridized carbons (Fsp3) is 0. The van der Waals surface area contributed by atoms with Crippen molar-refractivity contribution in [2.75, 3.05) is 11.1 Å². The van der Waals surface area contributed by atoms with Crippen LogP contribution >= 0.6 is 31.9 Å². The number of nitrogen functional groups attached to an aromatic ring is 1. The molecule has 104 valence electrons. The van der Waals surface area contributed by atoms with Gasteiger partial charge in [0.2, 0.25) is 0 Å². The fourth-order valence-corrected chi connectivity index (χ4v) is 2.34. The third-order valence-electron chi connectivity index (χ3n) is 2.33. The molecule has 0 unspecified atom stereocenters. The minimum Gasteiger partial charge on any atom is -0.397 e. The van der Waals surface area contributed by atoms with Crippen molar-refractivity contribution in [1.29, 1.82) is 0 Å². The molecule has 2 aromatic rings. The van der Waals surface area contributed by atoms with E-state index in [-0.39, 0.29) is 10.3 Å². The Morgan fingerprint density at radius 1 is 1.20 bits per heavy atom. The maximum atomic E-state index is 13.6. The molecule has 0 saturated heterocycles. The van der Waals surface area contributed by atoms with Crippen molar-refractivity contribution in [3.8, 4) is 0 Å². The molecule has 0 bridgehead atoms. The van der Waals surface area contributed by atoms with Gasteiger partial charge in [-0.05, 0) is 34.1 Å². The van der Waals surface area contributed by atoms with Gasteiger partial charge in [0, 0.05) is 4.47 Å². The van der Waals surface area contributed by atoms with Crippen LogP contribution in [0, 0.1) is 11.6 Å². The van der Waals surface area contributed by atoms with Gasteiger partial charge in [0.15, 0.2) is 0 Å². The molecule has 1 heterocycles. The highest BCUT2D eigenvalue weighted by Gasteiger charge is 2.19. The van der Waals surface area contributed by atoms with Crippen LogP contribution in [-0.2, 0) is 0 Å². The molecule has 0 atom stereocenters. The molecule has 8 heteroatoms. The van der Waals surface area contributed by atoms with E-state index >= 15 is 0 Å². The van der Waals surface area contributed by atoms with E-state index in [1.165, 1.54) is 12.3 Å². The van der Waals surface area contributed by atoms with Crippen LogP contribution in [0.3, 0.4) is 0 Å². The number of hydrogen-bond donors (Lipinski definition) is 2. The number of benzene rings is 1. The summed E-state index contributed by atoms with van der Waals surface area (Å²) in [5.74, 6) is -2.77. The SMILES string of the molecule is Nc1cnc(NC(=O)c2c(F)cc(Br)cc2F)c(Br)c1. The Hall–Kier alpha value is -1.54. The molecular weight excluding hydrogens is 400 g/mol. The van der Waals surface area contributed by atoms with E-state index in [2.05, 4.69) is 42.2 Å². The molecule has 0 fully saturated rings. The molecule has 0 aliphatic carbocycles. The van der Waals surface area contributed by atoms with Crippen LogP contribution < -0.4 is 11.1 Å². The lowest BCUT2D eigenvalue weighted by atomic mass is 10.2. The van der Waals surface area contributed by atoms with E-state index in [0.29, 0.717) is 10.2 Å². The molecule has 20 heavy (non-hydrogen) atoms. The minimum absolute atomic E-state index is 0.117. The van der Waals surface area contributed by atoms with Gasteiger partial charge >= 0.3 is 0 Å². The van der Waals surface area contributed by atoms with E-state index in [9.17, 15) is 13.6 Å². The first-order valence-corrected chi connectivity index (χ1v) is 6.84. The van der Waals surface area contributed by atoms with Gasteiger partial charge in [0.1, 0.15) is 23.0 Å². The summed E-state index contributed by atoms with van der Waals surface area (Å²) in [4.78, 5) is 15.8. The number of halogens is 4. The molecule has 3 N–H and O–H groups in total. The smallest absolute Gasteiger partial charge is 0.262 e. The number of nitrogens with zero attached hydrogens (tertiary/aromatic N) is 1. The first kappa shape index (κ1) is 14.9. The second-order valence-electron chi connectivity index (χ2n) is 3.80. The Bertz CT molecular complexity index is 671. The van der Waals surface area contributed by atoms with Crippen LogP contribution in [-0.4, -0.2) is 10.9 Å². The number of hydrogen-bond acceptors (Lipinski definition) is 3. The second-order valence-corrected chi connectivity index (χ2v) is 5.57. The normalized spacial score (nSPS) is 10.4. The molecule has 4 nitrogen and oxygen atoms in total. The Morgan fingerprint density at radius 2 is 1.80 bits per heavy atom. The van der Waals surface area contributed by atoms with Crippen molar-refractivity contribution in [2.45, 2.75) is 0 Å². The summed E-state index contributed by atoms with van der Waals surface area (Å²) in [7, 11) is 0. The Labute approximate surface area is 129 Å². The van der Waals surface area contributed by atoms with Crippen LogP contribution in [0.4, 0.5) is 20.3 Å². The predicted molar refractivity (Wildman–Crippen MR) is 78.4 cm³/mol.